The van der Waals surface area contributed by atoms with Crippen LogP contribution in [-0.4, -0.2) is 18.6 Å². The molecule has 4 heteroatoms. The molecule has 27 heavy (non-hydrogen) atoms. The van der Waals surface area contributed by atoms with E-state index in [9.17, 15) is 4.21 Å². The van der Waals surface area contributed by atoms with Gasteiger partial charge in [0.25, 0.3) is 0 Å². The zero-order valence-electron chi connectivity index (χ0n) is 16.1. The lowest BCUT2D eigenvalue weighted by molar-refractivity contribution is -0.00000697. The number of ether oxygens (including phenoxy) is 1. The Hall–Kier alpha value is -0.880. The van der Waals surface area contributed by atoms with E-state index in [4.69, 9.17) is 4.74 Å². The molecule has 0 N–H and O–H groups in total. The molecule has 5 unspecified atom stereocenters. The Morgan fingerprint density at radius 2 is 1.59 bits per heavy atom. The topological polar surface area (TPSA) is 26.3 Å². The van der Waals surface area contributed by atoms with Crippen molar-refractivity contribution in [2.24, 2.45) is 5.92 Å². The second kappa shape index (κ2) is 8.64. The first-order valence-corrected chi connectivity index (χ1v) is 11.9. The van der Waals surface area contributed by atoms with Gasteiger partial charge in [-0.15, -0.1) is 4.21 Å². The van der Waals surface area contributed by atoms with Crippen molar-refractivity contribution in [3.05, 3.63) is 65.7 Å². The van der Waals surface area contributed by atoms with Crippen molar-refractivity contribution >= 4 is 9.93 Å². The smallest absolute Gasteiger partial charge is 0.147 e. The van der Waals surface area contributed by atoms with Gasteiger partial charge in [-0.25, -0.2) is 0 Å². The predicted molar refractivity (Wildman–Crippen MR) is 109 cm³/mol. The lowest BCUT2D eigenvalue weighted by atomic mass is 9.73. The van der Waals surface area contributed by atoms with E-state index in [2.05, 4.69) is 54.8 Å². The molecule has 2 nitrogen and oxygen atoms in total. The number of hydrogen-bond donors (Lipinski definition) is 0. The Bertz CT molecular complexity index is 790. The number of benzene rings is 2. The maximum atomic E-state index is 14.0. The van der Waals surface area contributed by atoms with E-state index in [1.807, 2.05) is 6.07 Å². The quantitative estimate of drug-likeness (QED) is 0.483. The van der Waals surface area contributed by atoms with Gasteiger partial charge < -0.3 is 28.7 Å². The highest BCUT2D eigenvalue weighted by molar-refractivity contribution is 8.03. The van der Waals surface area contributed by atoms with Crippen LogP contribution in [0.5, 0.6) is 5.75 Å². The summed E-state index contributed by atoms with van der Waals surface area (Å²) in [7, 11) is -0.193. The maximum absolute atomic E-state index is 14.0. The van der Waals surface area contributed by atoms with Crippen molar-refractivity contribution in [1.82, 2.24) is 0 Å². The third-order valence-electron chi connectivity index (χ3n) is 6.62. The van der Waals surface area contributed by atoms with Crippen LogP contribution in [0.4, 0.5) is 0 Å². The Morgan fingerprint density at radius 1 is 0.926 bits per heavy atom. The highest BCUT2D eigenvalue weighted by Gasteiger charge is 2.55. The minimum atomic E-state index is -1.91. The number of rotatable bonds is 3. The van der Waals surface area contributed by atoms with Crippen LogP contribution in [0.1, 0.15) is 54.4 Å². The summed E-state index contributed by atoms with van der Waals surface area (Å²) >= 11 is 0. The fourth-order valence-corrected chi connectivity index (χ4v) is 8.65. The molecule has 1 aliphatic heterocycles. The van der Waals surface area contributed by atoms with Crippen LogP contribution in [0.2, 0.25) is 0 Å². The average Bonchev–Trinajstić information content (AvgIpc) is 2.69. The normalized spacial score (nSPS) is 32.8. The van der Waals surface area contributed by atoms with E-state index in [0.717, 1.165) is 18.6 Å². The largest absolute Gasteiger partial charge is 1.00 e. The predicted octanol–water partition coefficient (Wildman–Crippen LogP) is 2.62. The molecule has 0 bridgehead atoms. The second-order valence-electron chi connectivity index (χ2n) is 7.97. The standard InChI is InChI=1S/C23H29O2S.HI/c1-25-19-14-12-17(13-15-19)21-16-23(18-8-4-3-5-9-18)26(2,24)22-11-7-6-10-20(21)22;/h3-5,8-9,12-15,20-23H,6-7,10-11,16H2,1-2H3;1H/q+1;/p-1. The van der Waals surface area contributed by atoms with Crippen molar-refractivity contribution in [1.29, 1.82) is 0 Å². The Balaban J connectivity index is 0.00000210. The number of methoxy groups -OCH3 is 1. The average molecular weight is 496 g/mol. The highest BCUT2D eigenvalue weighted by atomic mass is 127. The van der Waals surface area contributed by atoms with Crippen LogP contribution in [0.15, 0.2) is 54.6 Å². The second-order valence-corrected chi connectivity index (χ2v) is 11.1. The van der Waals surface area contributed by atoms with Crippen LogP contribution in [0, 0.1) is 5.92 Å². The van der Waals surface area contributed by atoms with E-state index in [0.29, 0.717) is 17.1 Å². The van der Waals surface area contributed by atoms with Crippen molar-refractivity contribution in [2.45, 2.75) is 48.5 Å². The lowest BCUT2D eigenvalue weighted by Gasteiger charge is -2.44. The van der Waals surface area contributed by atoms with E-state index in [1.165, 1.54) is 30.4 Å². The van der Waals surface area contributed by atoms with Crippen LogP contribution in [0.25, 0.3) is 0 Å². The van der Waals surface area contributed by atoms with E-state index < -0.39 is 9.93 Å². The molecule has 0 aromatic heterocycles. The van der Waals surface area contributed by atoms with Gasteiger partial charge in [0.05, 0.1) is 17.0 Å². The van der Waals surface area contributed by atoms with Gasteiger partial charge in [-0.3, -0.25) is 0 Å². The van der Waals surface area contributed by atoms with Gasteiger partial charge in [-0.05, 0) is 42.9 Å². The first kappa shape index (κ1) is 20.8. The van der Waals surface area contributed by atoms with Gasteiger partial charge in [0.15, 0.2) is 0 Å². The molecule has 1 saturated heterocycles. The summed E-state index contributed by atoms with van der Waals surface area (Å²) in [4.78, 5) is 0. The lowest BCUT2D eigenvalue weighted by Crippen LogP contribution is -3.00. The van der Waals surface area contributed by atoms with Crippen molar-refractivity contribution in [3.8, 4) is 5.75 Å². The van der Waals surface area contributed by atoms with E-state index >= 15 is 0 Å². The highest BCUT2D eigenvalue weighted by Crippen LogP contribution is 2.54. The molecule has 146 valence electrons. The fourth-order valence-electron chi connectivity index (χ4n) is 5.28. The van der Waals surface area contributed by atoms with Crippen LogP contribution >= 0.6 is 0 Å². The van der Waals surface area contributed by atoms with Gasteiger partial charge in [0.2, 0.25) is 0 Å². The van der Waals surface area contributed by atoms with Crippen LogP contribution < -0.4 is 28.7 Å². The number of fused-ring (bicyclic) bond motifs is 1. The molecule has 1 heterocycles. The van der Waals surface area contributed by atoms with Gasteiger partial charge in [-0.2, -0.15) is 0 Å². The maximum Gasteiger partial charge on any atom is 0.147 e. The Labute approximate surface area is 181 Å². The Kier molecular flexibility index (Phi) is 6.67. The van der Waals surface area contributed by atoms with E-state index in [-0.39, 0.29) is 29.2 Å². The third-order valence-corrected chi connectivity index (χ3v) is 10.0. The molecule has 2 aliphatic rings. The number of halogens is 1. The zero-order chi connectivity index (χ0) is 18.1. The van der Waals surface area contributed by atoms with Gasteiger partial charge in [0, 0.05) is 17.9 Å². The summed E-state index contributed by atoms with van der Waals surface area (Å²) in [6, 6.07) is 19.1. The van der Waals surface area contributed by atoms with Crippen molar-refractivity contribution in [2.75, 3.05) is 13.4 Å². The Morgan fingerprint density at radius 3 is 2.26 bits per heavy atom. The molecular weight excluding hydrogens is 467 g/mol. The summed E-state index contributed by atoms with van der Waals surface area (Å²) in [5, 5.41) is 0.512. The molecule has 1 saturated carbocycles. The number of hydrogen-bond acceptors (Lipinski definition) is 2. The summed E-state index contributed by atoms with van der Waals surface area (Å²) in [6.45, 7) is 0. The summed E-state index contributed by atoms with van der Waals surface area (Å²) in [5.41, 5.74) is 2.64. The molecule has 2 aromatic carbocycles. The molecule has 2 fully saturated rings. The van der Waals surface area contributed by atoms with Crippen LogP contribution in [-0.2, 0) is 14.1 Å². The first-order valence-electron chi connectivity index (χ1n) is 9.77. The first-order chi connectivity index (χ1) is 12.6. The summed E-state index contributed by atoms with van der Waals surface area (Å²) < 4.78 is 19.3. The molecular formula is C23H29IO2S. The molecule has 0 radical (unpaired) electrons. The zero-order valence-corrected chi connectivity index (χ0v) is 19.1. The third kappa shape index (κ3) is 3.98. The van der Waals surface area contributed by atoms with Gasteiger partial charge in [0.1, 0.15) is 22.5 Å². The fraction of sp³-hybridized carbons (Fsp3) is 0.478. The SMILES string of the molecule is COc1ccc(C2CC(c3ccccc3)[S+](C)(=O)C3CCCCC23)cc1.[I-]. The van der Waals surface area contributed by atoms with Crippen molar-refractivity contribution < 1.29 is 32.9 Å². The van der Waals surface area contributed by atoms with Gasteiger partial charge in [-0.1, -0.05) is 48.9 Å². The minimum Gasteiger partial charge on any atom is -1.00 e. The van der Waals surface area contributed by atoms with Crippen molar-refractivity contribution in [3.63, 3.8) is 0 Å². The molecule has 0 amide bonds. The molecule has 0 spiro atoms. The molecule has 2 aromatic rings. The summed E-state index contributed by atoms with van der Waals surface area (Å²) in [6.07, 6.45) is 7.90. The molecule has 5 atom stereocenters. The van der Waals surface area contributed by atoms with Gasteiger partial charge >= 0.3 is 0 Å². The van der Waals surface area contributed by atoms with Crippen LogP contribution in [0.3, 0.4) is 0 Å². The molecule has 4 rings (SSSR count). The molecule has 1 aliphatic carbocycles. The minimum absolute atomic E-state index is 0. The summed E-state index contributed by atoms with van der Waals surface area (Å²) in [5.74, 6) is 1.95. The van der Waals surface area contributed by atoms with E-state index in [1.54, 1.807) is 7.11 Å². The monoisotopic (exact) mass is 496 g/mol.